The molecule has 4 aliphatic carbocycles. The van der Waals surface area contributed by atoms with E-state index in [0.717, 1.165) is 44.3 Å². The van der Waals surface area contributed by atoms with E-state index < -0.39 is 0 Å². The number of H-pyrrole nitrogens is 1. The van der Waals surface area contributed by atoms with Crippen molar-refractivity contribution >= 4 is 11.9 Å². The maximum atomic E-state index is 12.6. The van der Waals surface area contributed by atoms with Crippen LogP contribution in [0.1, 0.15) is 118 Å². The van der Waals surface area contributed by atoms with Gasteiger partial charge in [0.1, 0.15) is 12.2 Å². The molecule has 8 nitrogen and oxygen atoms in total. The minimum absolute atomic E-state index is 0.00945. The van der Waals surface area contributed by atoms with E-state index in [-0.39, 0.29) is 29.6 Å². The number of aromatic nitrogens is 4. The van der Waals surface area contributed by atoms with E-state index >= 15 is 0 Å². The second-order valence-corrected chi connectivity index (χ2v) is 14.3. The summed E-state index contributed by atoms with van der Waals surface area (Å²) in [4.78, 5) is 24.4. The molecule has 11 atom stereocenters. The van der Waals surface area contributed by atoms with Crippen molar-refractivity contribution in [2.45, 2.75) is 131 Å². The van der Waals surface area contributed by atoms with Gasteiger partial charge in [-0.2, -0.15) is 5.21 Å². The van der Waals surface area contributed by atoms with Crippen LogP contribution >= 0.6 is 0 Å². The molecule has 0 bridgehead atoms. The van der Waals surface area contributed by atoms with Crippen LogP contribution in [0.5, 0.6) is 0 Å². The molecule has 0 saturated heterocycles. The molecule has 8 heteroatoms. The number of carbonyl (C=O) groups is 2. The summed E-state index contributed by atoms with van der Waals surface area (Å²) in [5.41, 5.74) is 0.502. The van der Waals surface area contributed by atoms with Crippen molar-refractivity contribution < 1.29 is 19.1 Å². The molecule has 4 fully saturated rings. The Hall–Kier alpha value is -1.99. The van der Waals surface area contributed by atoms with Gasteiger partial charge in [0, 0.05) is 26.2 Å². The first-order valence-electron chi connectivity index (χ1n) is 16.1. The van der Waals surface area contributed by atoms with Crippen molar-refractivity contribution in [3.8, 4) is 0 Å². The van der Waals surface area contributed by atoms with E-state index in [2.05, 4.69) is 48.3 Å². The third-order valence-corrected chi connectivity index (χ3v) is 12.4. The minimum atomic E-state index is -0.179. The van der Waals surface area contributed by atoms with Crippen LogP contribution < -0.4 is 0 Å². The van der Waals surface area contributed by atoms with Crippen LogP contribution in [0.25, 0.3) is 0 Å². The Kier molecular flexibility index (Phi) is 8.64. The van der Waals surface area contributed by atoms with Crippen molar-refractivity contribution in [1.29, 1.82) is 0 Å². The van der Waals surface area contributed by atoms with Gasteiger partial charge in [0.15, 0.2) is 5.82 Å². The predicted molar refractivity (Wildman–Crippen MR) is 152 cm³/mol. The largest absolute Gasteiger partial charge is 0.463 e. The number of unbranched alkanes of at least 4 members (excludes halogenated alkanes) is 1. The topological polar surface area (TPSA) is 107 Å². The number of nitrogens with zero attached hydrogens (tertiary/aromatic N) is 3. The number of hydrogen-bond acceptors (Lipinski definition) is 7. The van der Waals surface area contributed by atoms with Gasteiger partial charge in [0.2, 0.25) is 0 Å². The van der Waals surface area contributed by atoms with Crippen LogP contribution in [-0.2, 0) is 25.5 Å². The number of ether oxygens (including phenoxy) is 2. The molecule has 0 amide bonds. The molecule has 4 aliphatic rings. The highest BCUT2D eigenvalue weighted by Gasteiger charge is 2.66. The molecule has 1 aromatic rings. The Morgan fingerprint density at radius 1 is 0.975 bits per heavy atom. The lowest BCUT2D eigenvalue weighted by atomic mass is 9.41. The summed E-state index contributed by atoms with van der Waals surface area (Å²) in [7, 11) is 0. The molecule has 4 unspecified atom stereocenters. The predicted octanol–water partition coefficient (Wildman–Crippen LogP) is 6.32. The highest BCUT2D eigenvalue weighted by molar-refractivity contribution is 5.66. The summed E-state index contributed by atoms with van der Waals surface area (Å²) >= 11 is 0. The van der Waals surface area contributed by atoms with Gasteiger partial charge in [0.25, 0.3) is 0 Å². The zero-order chi connectivity index (χ0) is 28.7. The fourth-order valence-corrected chi connectivity index (χ4v) is 10.8. The van der Waals surface area contributed by atoms with E-state index in [0.29, 0.717) is 46.8 Å². The molecule has 5 rings (SSSR count). The van der Waals surface area contributed by atoms with Crippen molar-refractivity contribution in [1.82, 2.24) is 20.6 Å². The molecule has 0 aliphatic heterocycles. The lowest BCUT2D eigenvalue weighted by Gasteiger charge is -2.65. The SMILES string of the molecule is CC[C@@H]1C2C[C@H](OC(C)=O)CCC2(C)[C@H]2CCC3(C)C([C@H](C)CCCCc4nn[nH]n4)CC[C@H]3[C@@H]2[C@@H]1OC(C)=O. The molecule has 1 heterocycles. The number of nitrogens with one attached hydrogen (secondary N) is 1. The number of tetrazole rings is 1. The highest BCUT2D eigenvalue weighted by atomic mass is 16.5. The van der Waals surface area contributed by atoms with Crippen LogP contribution in [-0.4, -0.2) is 44.8 Å². The quantitative estimate of drug-likeness (QED) is 0.280. The van der Waals surface area contributed by atoms with E-state index in [1.165, 1.54) is 45.4 Å². The van der Waals surface area contributed by atoms with Crippen molar-refractivity contribution in [3.05, 3.63) is 5.82 Å². The van der Waals surface area contributed by atoms with E-state index in [1.54, 1.807) is 6.92 Å². The standard InChI is InChI=1S/C32H52N4O4/c1-7-23-27-18-22(39-20(3)37)14-16-32(27,6)26-15-17-31(5)24(12-13-25(31)29(26)30(23)40-21(4)38)19(2)10-8-9-11-28-33-35-36-34-28/h19,22-27,29-30H,7-18H2,1-6H3,(H,33,34,35,36)/t19-,22-,23-,24?,25+,26+,27?,29+,30-,31?,32?/m1/s1. The smallest absolute Gasteiger partial charge is 0.302 e. The second-order valence-electron chi connectivity index (χ2n) is 14.3. The van der Waals surface area contributed by atoms with Gasteiger partial charge in [-0.3, -0.25) is 9.59 Å². The van der Waals surface area contributed by atoms with Gasteiger partial charge in [-0.1, -0.05) is 45.7 Å². The van der Waals surface area contributed by atoms with Crippen LogP contribution in [0.3, 0.4) is 0 Å². The Bertz CT molecular complexity index is 1030. The zero-order valence-corrected chi connectivity index (χ0v) is 25.7. The number of aromatic amines is 1. The van der Waals surface area contributed by atoms with Gasteiger partial charge in [-0.25, -0.2) is 0 Å². The van der Waals surface area contributed by atoms with Gasteiger partial charge in [0.05, 0.1) is 0 Å². The van der Waals surface area contributed by atoms with Crippen LogP contribution in [0.15, 0.2) is 0 Å². The molecular weight excluding hydrogens is 504 g/mol. The summed E-state index contributed by atoms with van der Waals surface area (Å²) in [6.45, 7) is 13.0. The molecular formula is C32H52N4O4. The summed E-state index contributed by atoms with van der Waals surface area (Å²) in [6, 6.07) is 0. The van der Waals surface area contributed by atoms with E-state index in [4.69, 9.17) is 9.47 Å². The number of carbonyl (C=O) groups excluding carboxylic acids is 2. The molecule has 1 aromatic heterocycles. The van der Waals surface area contributed by atoms with Crippen LogP contribution in [0.4, 0.5) is 0 Å². The summed E-state index contributed by atoms with van der Waals surface area (Å²) in [5.74, 6) is 4.20. The van der Waals surface area contributed by atoms with E-state index in [9.17, 15) is 9.59 Å². The fourth-order valence-electron chi connectivity index (χ4n) is 10.8. The first kappa shape index (κ1) is 29.5. The van der Waals surface area contributed by atoms with Crippen molar-refractivity contribution in [2.24, 2.45) is 52.3 Å². The number of aryl methyl sites for hydroxylation is 1. The Balaban J connectivity index is 1.35. The van der Waals surface area contributed by atoms with Gasteiger partial charge >= 0.3 is 11.9 Å². The van der Waals surface area contributed by atoms with Crippen LogP contribution in [0.2, 0.25) is 0 Å². The zero-order valence-electron chi connectivity index (χ0n) is 25.7. The molecule has 0 spiro atoms. The number of hydrogen-bond donors (Lipinski definition) is 1. The number of fused-ring (bicyclic) bond motifs is 5. The maximum absolute atomic E-state index is 12.6. The third-order valence-electron chi connectivity index (χ3n) is 12.4. The summed E-state index contributed by atoms with van der Waals surface area (Å²) in [6.07, 6.45) is 13.4. The van der Waals surface area contributed by atoms with Crippen molar-refractivity contribution in [2.75, 3.05) is 0 Å². The molecule has 40 heavy (non-hydrogen) atoms. The average Bonchev–Trinajstić information content (AvgIpc) is 3.54. The molecule has 0 aromatic carbocycles. The second kappa shape index (κ2) is 11.7. The molecule has 224 valence electrons. The average molecular weight is 557 g/mol. The fraction of sp³-hybridized carbons (Fsp3) is 0.906. The Morgan fingerprint density at radius 3 is 2.38 bits per heavy atom. The highest BCUT2D eigenvalue weighted by Crippen LogP contribution is 2.70. The van der Waals surface area contributed by atoms with Crippen molar-refractivity contribution in [3.63, 3.8) is 0 Å². The minimum Gasteiger partial charge on any atom is -0.463 e. The first-order valence-corrected chi connectivity index (χ1v) is 16.1. The van der Waals surface area contributed by atoms with E-state index in [1.807, 2.05) is 0 Å². The molecule has 0 radical (unpaired) electrons. The first-order chi connectivity index (χ1) is 19.1. The Morgan fingerprint density at radius 2 is 1.70 bits per heavy atom. The molecule has 1 N–H and O–H groups in total. The lowest BCUT2D eigenvalue weighted by molar-refractivity contribution is -0.219. The monoisotopic (exact) mass is 556 g/mol. The van der Waals surface area contributed by atoms with Gasteiger partial charge < -0.3 is 9.47 Å². The summed E-state index contributed by atoms with van der Waals surface area (Å²) < 4.78 is 12.1. The summed E-state index contributed by atoms with van der Waals surface area (Å²) in [5, 5.41) is 14.4. The Labute approximate surface area is 240 Å². The van der Waals surface area contributed by atoms with Gasteiger partial charge in [-0.05, 0) is 104 Å². The number of esters is 2. The number of rotatable bonds is 9. The third kappa shape index (κ3) is 5.33. The van der Waals surface area contributed by atoms with Gasteiger partial charge in [-0.15, -0.1) is 10.2 Å². The normalized spacial score (nSPS) is 41.4. The molecule has 4 saturated carbocycles. The lowest BCUT2D eigenvalue weighted by Crippen LogP contribution is -2.63. The van der Waals surface area contributed by atoms with Crippen LogP contribution in [0, 0.1) is 52.3 Å². The maximum Gasteiger partial charge on any atom is 0.302 e.